The standard InChI is InChI=1S/C20H21ClN4O2/c1-13-10-14(19-16(11-26)20(21)25(3)23-19)8-9-18(13)27-12-15-6-4-5-7-17(15)24(2)22/h4-11H,12,22H2,1-3H3. The van der Waals surface area contributed by atoms with Gasteiger partial charge in [0.25, 0.3) is 0 Å². The Hall–Kier alpha value is -2.83. The van der Waals surface area contributed by atoms with Crippen LogP contribution in [0.25, 0.3) is 11.3 Å². The van der Waals surface area contributed by atoms with Gasteiger partial charge in [-0.3, -0.25) is 9.48 Å². The molecule has 1 aromatic heterocycles. The molecule has 140 valence electrons. The second kappa shape index (κ2) is 7.82. The van der Waals surface area contributed by atoms with Crippen molar-refractivity contribution in [2.75, 3.05) is 12.1 Å². The first-order valence-corrected chi connectivity index (χ1v) is 8.78. The highest BCUT2D eigenvalue weighted by Crippen LogP contribution is 2.31. The van der Waals surface area contributed by atoms with Crippen LogP contribution < -0.4 is 15.6 Å². The Balaban J connectivity index is 1.84. The summed E-state index contributed by atoms with van der Waals surface area (Å²) in [7, 11) is 3.50. The molecule has 0 radical (unpaired) electrons. The van der Waals surface area contributed by atoms with Gasteiger partial charge in [-0.05, 0) is 36.8 Å². The van der Waals surface area contributed by atoms with E-state index in [1.54, 1.807) is 19.1 Å². The topological polar surface area (TPSA) is 73.4 Å². The van der Waals surface area contributed by atoms with Crippen LogP contribution in [0.4, 0.5) is 5.69 Å². The lowest BCUT2D eigenvalue weighted by Gasteiger charge is -2.17. The first-order valence-electron chi connectivity index (χ1n) is 8.40. The summed E-state index contributed by atoms with van der Waals surface area (Å²) in [5.41, 5.74) is 4.59. The Kier molecular flexibility index (Phi) is 5.48. The minimum absolute atomic E-state index is 0.320. The van der Waals surface area contributed by atoms with Crippen molar-refractivity contribution in [3.05, 3.63) is 64.3 Å². The van der Waals surface area contributed by atoms with E-state index in [-0.39, 0.29) is 0 Å². The molecule has 2 N–H and O–H groups in total. The van der Waals surface area contributed by atoms with E-state index in [0.29, 0.717) is 23.0 Å². The zero-order chi connectivity index (χ0) is 19.6. The Morgan fingerprint density at radius 3 is 2.70 bits per heavy atom. The number of halogens is 1. The molecule has 0 aliphatic rings. The fourth-order valence-corrected chi connectivity index (χ4v) is 3.10. The lowest BCUT2D eigenvalue weighted by molar-refractivity contribution is 0.112. The van der Waals surface area contributed by atoms with Gasteiger partial charge in [0.2, 0.25) is 0 Å². The van der Waals surface area contributed by atoms with Crippen LogP contribution in [0.5, 0.6) is 5.75 Å². The van der Waals surface area contributed by atoms with Crippen molar-refractivity contribution in [2.24, 2.45) is 12.9 Å². The maximum atomic E-state index is 11.4. The number of carbonyl (C=O) groups is 1. The third-order valence-electron chi connectivity index (χ3n) is 4.33. The summed E-state index contributed by atoms with van der Waals surface area (Å²) in [5.74, 6) is 6.62. The van der Waals surface area contributed by atoms with Gasteiger partial charge in [0.15, 0.2) is 6.29 Å². The second-order valence-corrected chi connectivity index (χ2v) is 6.66. The lowest BCUT2D eigenvalue weighted by Crippen LogP contribution is -2.26. The summed E-state index contributed by atoms with van der Waals surface area (Å²) in [6.45, 7) is 2.35. The van der Waals surface area contributed by atoms with Gasteiger partial charge in [-0.25, -0.2) is 5.84 Å². The Bertz CT molecular complexity index is 982. The predicted octanol–water partition coefficient (Wildman–Crippen LogP) is 3.75. The molecule has 0 atom stereocenters. The maximum Gasteiger partial charge on any atom is 0.155 e. The highest BCUT2D eigenvalue weighted by Gasteiger charge is 2.16. The minimum Gasteiger partial charge on any atom is -0.489 e. The summed E-state index contributed by atoms with van der Waals surface area (Å²) in [4.78, 5) is 11.4. The number of nitrogens with two attached hydrogens (primary N) is 1. The fourth-order valence-electron chi connectivity index (χ4n) is 2.93. The molecule has 0 bridgehead atoms. The first kappa shape index (κ1) is 18.9. The molecule has 0 saturated carbocycles. The quantitative estimate of drug-likeness (QED) is 0.398. The van der Waals surface area contributed by atoms with Crippen LogP contribution >= 0.6 is 11.6 Å². The summed E-state index contributed by atoms with van der Waals surface area (Å²) < 4.78 is 7.47. The number of anilines is 1. The van der Waals surface area contributed by atoms with Crippen molar-refractivity contribution in [3.63, 3.8) is 0 Å². The van der Waals surface area contributed by atoms with Crippen LogP contribution in [-0.4, -0.2) is 23.1 Å². The number of benzene rings is 2. The zero-order valence-electron chi connectivity index (χ0n) is 15.4. The number of hydrazine groups is 1. The van der Waals surface area contributed by atoms with Crippen LogP contribution in [0.2, 0.25) is 5.15 Å². The molecule has 3 aromatic rings. The van der Waals surface area contributed by atoms with Crippen LogP contribution in [-0.2, 0) is 13.7 Å². The van der Waals surface area contributed by atoms with E-state index in [4.69, 9.17) is 22.2 Å². The van der Waals surface area contributed by atoms with Gasteiger partial charge in [-0.2, -0.15) is 5.10 Å². The van der Waals surface area contributed by atoms with Gasteiger partial charge in [-0.1, -0.05) is 29.8 Å². The molecule has 0 fully saturated rings. The smallest absolute Gasteiger partial charge is 0.155 e. The van der Waals surface area contributed by atoms with E-state index in [1.165, 1.54) is 4.68 Å². The van der Waals surface area contributed by atoms with Crippen LogP contribution in [0.15, 0.2) is 42.5 Å². The summed E-state index contributed by atoms with van der Waals surface area (Å²) in [6.07, 6.45) is 0.727. The minimum atomic E-state index is 0.320. The number of ether oxygens (including phenoxy) is 1. The van der Waals surface area contributed by atoms with Crippen molar-refractivity contribution >= 4 is 23.6 Å². The molecule has 1 heterocycles. The molecule has 0 aliphatic carbocycles. The number of nitrogens with zero attached hydrogens (tertiary/aromatic N) is 3. The van der Waals surface area contributed by atoms with Gasteiger partial charge in [-0.15, -0.1) is 0 Å². The third-order valence-corrected chi connectivity index (χ3v) is 4.78. The van der Waals surface area contributed by atoms with Gasteiger partial charge in [0, 0.05) is 25.2 Å². The summed E-state index contributed by atoms with van der Waals surface area (Å²) >= 11 is 6.12. The van der Waals surface area contributed by atoms with E-state index in [0.717, 1.165) is 34.4 Å². The molecular formula is C20H21ClN4O2. The molecule has 0 saturated heterocycles. The Morgan fingerprint density at radius 1 is 1.30 bits per heavy atom. The maximum absolute atomic E-state index is 11.4. The number of hydrogen-bond acceptors (Lipinski definition) is 5. The highest BCUT2D eigenvalue weighted by molar-refractivity contribution is 6.32. The van der Waals surface area contributed by atoms with Gasteiger partial charge < -0.3 is 9.75 Å². The average Bonchev–Trinajstić information content (AvgIpc) is 2.95. The van der Waals surface area contributed by atoms with E-state index in [9.17, 15) is 4.79 Å². The monoisotopic (exact) mass is 384 g/mol. The molecule has 2 aromatic carbocycles. The van der Waals surface area contributed by atoms with E-state index >= 15 is 0 Å². The van der Waals surface area contributed by atoms with Gasteiger partial charge in [0.05, 0.1) is 11.3 Å². The highest BCUT2D eigenvalue weighted by atomic mass is 35.5. The van der Waals surface area contributed by atoms with Crippen molar-refractivity contribution in [3.8, 4) is 17.0 Å². The van der Waals surface area contributed by atoms with Crippen LogP contribution in [0.1, 0.15) is 21.5 Å². The van der Waals surface area contributed by atoms with Crippen LogP contribution in [0.3, 0.4) is 0 Å². The average molecular weight is 385 g/mol. The molecule has 6 nitrogen and oxygen atoms in total. The lowest BCUT2D eigenvalue weighted by atomic mass is 10.1. The zero-order valence-corrected chi connectivity index (χ0v) is 16.2. The summed E-state index contributed by atoms with van der Waals surface area (Å²) in [5, 5.41) is 6.23. The molecule has 0 amide bonds. The number of aldehydes is 1. The van der Waals surface area contributed by atoms with E-state index in [2.05, 4.69) is 5.10 Å². The summed E-state index contributed by atoms with van der Waals surface area (Å²) in [6, 6.07) is 13.5. The number of aromatic nitrogens is 2. The van der Waals surface area contributed by atoms with Crippen molar-refractivity contribution in [1.82, 2.24) is 9.78 Å². The van der Waals surface area contributed by atoms with Crippen molar-refractivity contribution in [2.45, 2.75) is 13.5 Å². The molecule has 0 spiro atoms. The third kappa shape index (κ3) is 3.82. The van der Waals surface area contributed by atoms with E-state index in [1.807, 2.05) is 49.4 Å². The fraction of sp³-hybridized carbons (Fsp3) is 0.200. The van der Waals surface area contributed by atoms with E-state index < -0.39 is 0 Å². The van der Waals surface area contributed by atoms with Crippen LogP contribution in [0, 0.1) is 6.92 Å². The normalized spacial score (nSPS) is 10.7. The molecule has 27 heavy (non-hydrogen) atoms. The Morgan fingerprint density at radius 2 is 2.04 bits per heavy atom. The van der Waals surface area contributed by atoms with Crippen molar-refractivity contribution in [1.29, 1.82) is 0 Å². The number of para-hydroxylation sites is 1. The number of hydrogen-bond donors (Lipinski definition) is 1. The SMILES string of the molecule is Cc1cc(-c2nn(C)c(Cl)c2C=O)ccc1OCc1ccccc1N(C)N. The largest absolute Gasteiger partial charge is 0.489 e. The number of carbonyl (C=O) groups excluding carboxylic acids is 1. The number of rotatable bonds is 6. The van der Waals surface area contributed by atoms with Gasteiger partial charge in [0.1, 0.15) is 23.2 Å². The Labute approximate surface area is 163 Å². The molecule has 7 heteroatoms. The molecule has 0 aliphatic heterocycles. The van der Waals surface area contributed by atoms with Gasteiger partial charge >= 0.3 is 0 Å². The molecule has 0 unspecified atom stereocenters. The number of aryl methyl sites for hydroxylation is 2. The van der Waals surface area contributed by atoms with Crippen molar-refractivity contribution < 1.29 is 9.53 Å². The molecular weight excluding hydrogens is 364 g/mol. The second-order valence-electron chi connectivity index (χ2n) is 6.30. The first-order chi connectivity index (χ1) is 12.9. The predicted molar refractivity (Wildman–Crippen MR) is 107 cm³/mol. The molecule has 3 rings (SSSR count).